The van der Waals surface area contributed by atoms with Gasteiger partial charge in [0.2, 0.25) is 0 Å². The van der Waals surface area contributed by atoms with Crippen LogP contribution in [0.3, 0.4) is 0 Å². The maximum atomic E-state index is 13.8. The SMILES string of the molecule is N#Cc1cc(F)c2[nH]cc(-c3ccsc3C(F)(F)F)c2c1. The van der Waals surface area contributed by atoms with Crippen LogP contribution in [0.25, 0.3) is 22.0 Å². The molecular formula is C14H6F4N2S. The molecule has 0 aliphatic carbocycles. The van der Waals surface area contributed by atoms with E-state index in [0.29, 0.717) is 11.3 Å². The number of aromatic nitrogens is 1. The van der Waals surface area contributed by atoms with E-state index in [1.807, 2.05) is 0 Å². The molecule has 2 nitrogen and oxygen atoms in total. The Bertz CT molecular complexity index is 867. The number of fused-ring (bicyclic) bond motifs is 1. The highest BCUT2D eigenvalue weighted by Gasteiger charge is 2.35. The van der Waals surface area contributed by atoms with Gasteiger partial charge in [0.05, 0.1) is 17.1 Å². The van der Waals surface area contributed by atoms with Crippen molar-refractivity contribution >= 4 is 22.2 Å². The molecule has 0 saturated carbocycles. The summed E-state index contributed by atoms with van der Waals surface area (Å²) in [5, 5.41) is 10.5. The number of nitrogens with one attached hydrogen (secondary N) is 1. The minimum atomic E-state index is -4.47. The largest absolute Gasteiger partial charge is 0.426 e. The fraction of sp³-hybridized carbons (Fsp3) is 0.0714. The van der Waals surface area contributed by atoms with Gasteiger partial charge in [-0.25, -0.2) is 4.39 Å². The van der Waals surface area contributed by atoms with Crippen LogP contribution >= 0.6 is 11.3 Å². The van der Waals surface area contributed by atoms with Crippen molar-refractivity contribution in [2.24, 2.45) is 0 Å². The van der Waals surface area contributed by atoms with Crippen LogP contribution in [0, 0.1) is 17.1 Å². The van der Waals surface area contributed by atoms with Crippen LogP contribution in [-0.2, 0) is 6.18 Å². The molecule has 0 saturated heterocycles. The summed E-state index contributed by atoms with van der Waals surface area (Å²) >= 11 is 0.580. The molecule has 0 amide bonds. The first kappa shape index (κ1) is 13.6. The van der Waals surface area contributed by atoms with E-state index in [2.05, 4.69) is 4.98 Å². The minimum Gasteiger partial charge on any atom is -0.358 e. The maximum absolute atomic E-state index is 13.8. The quantitative estimate of drug-likeness (QED) is 0.636. The van der Waals surface area contributed by atoms with E-state index < -0.39 is 16.9 Å². The zero-order valence-electron chi connectivity index (χ0n) is 10.3. The van der Waals surface area contributed by atoms with Crippen molar-refractivity contribution < 1.29 is 17.6 Å². The molecule has 0 fully saturated rings. The highest BCUT2D eigenvalue weighted by Crippen LogP contribution is 2.43. The molecule has 0 aliphatic heterocycles. The molecule has 1 aromatic carbocycles. The highest BCUT2D eigenvalue weighted by atomic mass is 32.1. The van der Waals surface area contributed by atoms with Crippen LogP contribution in [0.1, 0.15) is 10.4 Å². The lowest BCUT2D eigenvalue weighted by atomic mass is 10.0. The lowest BCUT2D eigenvalue weighted by Crippen LogP contribution is -2.03. The third-order valence-electron chi connectivity index (χ3n) is 3.08. The van der Waals surface area contributed by atoms with Crippen molar-refractivity contribution in [3.05, 3.63) is 46.0 Å². The minimum absolute atomic E-state index is 0.0201. The molecule has 3 rings (SSSR count). The highest BCUT2D eigenvalue weighted by molar-refractivity contribution is 7.10. The number of benzene rings is 1. The summed E-state index contributed by atoms with van der Waals surface area (Å²) in [6, 6.07) is 5.55. The van der Waals surface area contributed by atoms with Crippen LogP contribution in [0.5, 0.6) is 0 Å². The summed E-state index contributed by atoms with van der Waals surface area (Å²) in [5.41, 5.74) is 0.357. The van der Waals surface area contributed by atoms with Crippen LogP contribution in [-0.4, -0.2) is 4.98 Å². The number of hydrogen-bond acceptors (Lipinski definition) is 2. The summed E-state index contributed by atoms with van der Waals surface area (Å²) in [4.78, 5) is 1.88. The van der Waals surface area contributed by atoms with Gasteiger partial charge in [-0.1, -0.05) is 0 Å². The predicted molar refractivity (Wildman–Crippen MR) is 71.3 cm³/mol. The fourth-order valence-electron chi connectivity index (χ4n) is 2.22. The number of aromatic amines is 1. The van der Waals surface area contributed by atoms with E-state index in [0.717, 1.165) is 6.07 Å². The molecular weight excluding hydrogens is 304 g/mol. The summed E-state index contributed by atoms with van der Waals surface area (Å²) in [6.07, 6.45) is -3.15. The number of H-pyrrole nitrogens is 1. The van der Waals surface area contributed by atoms with Gasteiger partial charge < -0.3 is 4.98 Å². The molecule has 0 atom stereocenters. The van der Waals surface area contributed by atoms with E-state index in [1.165, 1.54) is 23.7 Å². The molecule has 3 aromatic rings. The topological polar surface area (TPSA) is 39.6 Å². The second-order valence-corrected chi connectivity index (χ2v) is 5.27. The van der Waals surface area contributed by atoms with Crippen LogP contribution in [0.4, 0.5) is 17.6 Å². The monoisotopic (exact) mass is 310 g/mol. The van der Waals surface area contributed by atoms with Crippen LogP contribution in [0.2, 0.25) is 0 Å². The van der Waals surface area contributed by atoms with E-state index in [1.54, 1.807) is 6.07 Å². The van der Waals surface area contributed by atoms with Crippen molar-refractivity contribution in [3.63, 3.8) is 0 Å². The Hall–Kier alpha value is -2.33. The number of rotatable bonds is 1. The lowest BCUT2D eigenvalue weighted by Gasteiger charge is -2.07. The molecule has 2 heterocycles. The third kappa shape index (κ3) is 2.17. The number of alkyl halides is 3. The van der Waals surface area contributed by atoms with Crippen molar-refractivity contribution in [1.29, 1.82) is 5.26 Å². The molecule has 1 N–H and O–H groups in total. The molecule has 106 valence electrons. The Labute approximate surface area is 120 Å². The Balaban J connectivity index is 2.30. The van der Waals surface area contributed by atoms with Gasteiger partial charge in [-0.05, 0) is 23.6 Å². The zero-order valence-corrected chi connectivity index (χ0v) is 11.1. The van der Waals surface area contributed by atoms with E-state index in [4.69, 9.17) is 5.26 Å². The number of nitrogens with zero attached hydrogens (tertiary/aromatic N) is 1. The molecule has 0 unspecified atom stereocenters. The van der Waals surface area contributed by atoms with E-state index >= 15 is 0 Å². The summed E-state index contributed by atoms with van der Waals surface area (Å²) in [5.74, 6) is -0.668. The molecule has 0 aliphatic rings. The van der Waals surface area contributed by atoms with Gasteiger partial charge in [0.1, 0.15) is 10.7 Å². The van der Waals surface area contributed by atoms with E-state index in [-0.39, 0.29) is 27.6 Å². The van der Waals surface area contributed by atoms with Crippen molar-refractivity contribution in [2.45, 2.75) is 6.18 Å². The normalized spacial score (nSPS) is 11.8. The number of hydrogen-bond donors (Lipinski definition) is 1. The summed E-state index contributed by atoms with van der Waals surface area (Å²) < 4.78 is 52.7. The Morgan fingerprint density at radius 3 is 2.62 bits per heavy atom. The van der Waals surface area contributed by atoms with Gasteiger partial charge in [-0.15, -0.1) is 11.3 Å². The molecule has 21 heavy (non-hydrogen) atoms. The third-order valence-corrected chi connectivity index (χ3v) is 4.04. The summed E-state index contributed by atoms with van der Waals surface area (Å²) in [7, 11) is 0. The molecule has 0 radical (unpaired) electrons. The first-order valence-corrected chi connectivity index (χ1v) is 6.65. The molecule has 7 heteroatoms. The first-order chi connectivity index (χ1) is 9.91. The van der Waals surface area contributed by atoms with Gasteiger partial charge in [0.15, 0.2) is 0 Å². The average Bonchev–Trinajstić information content (AvgIpc) is 3.03. The first-order valence-electron chi connectivity index (χ1n) is 5.77. The number of halogens is 4. The van der Waals surface area contributed by atoms with Gasteiger partial charge in [-0.3, -0.25) is 0 Å². The Morgan fingerprint density at radius 1 is 1.19 bits per heavy atom. The Kier molecular flexibility index (Phi) is 2.99. The smallest absolute Gasteiger partial charge is 0.358 e. The predicted octanol–water partition coefficient (Wildman–Crippen LogP) is 4.93. The number of thiophene rings is 1. The molecule has 2 aromatic heterocycles. The zero-order chi connectivity index (χ0) is 15.2. The lowest BCUT2D eigenvalue weighted by molar-refractivity contribution is -0.133. The average molecular weight is 310 g/mol. The van der Waals surface area contributed by atoms with Crippen molar-refractivity contribution in [3.8, 4) is 17.2 Å². The van der Waals surface area contributed by atoms with E-state index in [9.17, 15) is 17.6 Å². The van der Waals surface area contributed by atoms with Crippen molar-refractivity contribution in [2.75, 3.05) is 0 Å². The van der Waals surface area contributed by atoms with Crippen LogP contribution in [0.15, 0.2) is 29.8 Å². The van der Waals surface area contributed by atoms with Crippen molar-refractivity contribution in [1.82, 2.24) is 4.98 Å². The molecule has 0 spiro atoms. The standard InChI is InChI=1S/C14H6F4N2S/c15-11-4-7(5-19)3-9-10(6-20-12(9)11)8-1-2-21-13(8)14(16,17)18/h1-4,6,20H. The van der Waals surface area contributed by atoms with Crippen LogP contribution < -0.4 is 0 Å². The van der Waals surface area contributed by atoms with Gasteiger partial charge >= 0.3 is 6.18 Å². The maximum Gasteiger partial charge on any atom is 0.426 e. The molecule has 0 bridgehead atoms. The fourth-order valence-corrected chi connectivity index (χ4v) is 2.99. The second kappa shape index (κ2) is 4.60. The van der Waals surface area contributed by atoms with Gasteiger partial charge in [0, 0.05) is 22.7 Å². The van der Waals surface area contributed by atoms with Gasteiger partial charge in [0.25, 0.3) is 0 Å². The Morgan fingerprint density at radius 2 is 1.95 bits per heavy atom. The van der Waals surface area contributed by atoms with Gasteiger partial charge in [-0.2, -0.15) is 18.4 Å². The number of nitriles is 1. The summed E-state index contributed by atoms with van der Waals surface area (Å²) in [6.45, 7) is 0. The second-order valence-electron chi connectivity index (χ2n) is 4.36.